The summed E-state index contributed by atoms with van der Waals surface area (Å²) >= 11 is 1.49. The molecule has 0 atom stereocenters. The van der Waals surface area contributed by atoms with E-state index in [4.69, 9.17) is 0 Å². The molecule has 2 aromatic rings. The van der Waals surface area contributed by atoms with E-state index in [1.165, 1.54) is 11.3 Å². The summed E-state index contributed by atoms with van der Waals surface area (Å²) in [6, 6.07) is 7.36. The molecule has 2 rings (SSSR count). The van der Waals surface area contributed by atoms with E-state index in [1.807, 2.05) is 23.6 Å². The summed E-state index contributed by atoms with van der Waals surface area (Å²) < 4.78 is 0. The van der Waals surface area contributed by atoms with Crippen molar-refractivity contribution >= 4 is 23.2 Å². The largest absolute Gasteiger partial charge is 0.352 e. The van der Waals surface area contributed by atoms with Gasteiger partial charge in [-0.3, -0.25) is 14.6 Å². The molecule has 0 aliphatic rings. The summed E-state index contributed by atoms with van der Waals surface area (Å²) in [6.45, 7) is 0.923. The fourth-order valence-corrected chi connectivity index (χ4v) is 2.36. The number of pyridine rings is 1. The fourth-order valence-electron chi connectivity index (χ4n) is 1.73. The van der Waals surface area contributed by atoms with Crippen molar-refractivity contribution in [3.8, 4) is 0 Å². The van der Waals surface area contributed by atoms with Crippen LogP contribution in [-0.2, 0) is 11.3 Å². The van der Waals surface area contributed by atoms with Gasteiger partial charge >= 0.3 is 0 Å². The monoisotopic (exact) mass is 303 g/mol. The Labute approximate surface area is 127 Å². The molecule has 2 amide bonds. The van der Waals surface area contributed by atoms with Gasteiger partial charge in [0.1, 0.15) is 0 Å². The summed E-state index contributed by atoms with van der Waals surface area (Å²) in [4.78, 5) is 27.4. The fraction of sp³-hybridized carbons (Fsp3) is 0.267. The molecule has 2 N–H and O–H groups in total. The normalized spacial score (nSPS) is 10.1. The molecule has 0 fully saturated rings. The van der Waals surface area contributed by atoms with E-state index >= 15 is 0 Å². The van der Waals surface area contributed by atoms with Crippen LogP contribution in [0.25, 0.3) is 0 Å². The maximum Gasteiger partial charge on any atom is 0.252 e. The standard InChI is InChI=1S/C15H17N3O2S/c19-14(18-10-13-4-1-2-7-16-13)5-3-8-17-15(20)12-6-9-21-11-12/h1-2,4,6-7,9,11H,3,5,8,10H2,(H,17,20)(H,18,19). The number of amides is 2. The molecule has 0 aliphatic carbocycles. The van der Waals surface area contributed by atoms with Gasteiger partial charge < -0.3 is 10.6 Å². The molecule has 0 aliphatic heterocycles. The molecule has 0 saturated carbocycles. The van der Waals surface area contributed by atoms with Gasteiger partial charge in [-0.15, -0.1) is 0 Å². The van der Waals surface area contributed by atoms with Crippen molar-refractivity contribution in [1.82, 2.24) is 15.6 Å². The minimum Gasteiger partial charge on any atom is -0.352 e. The molecule has 2 aromatic heterocycles. The SMILES string of the molecule is O=C(CCCNC(=O)c1ccsc1)NCc1ccccn1. The molecule has 0 spiro atoms. The lowest BCUT2D eigenvalue weighted by atomic mass is 10.2. The number of rotatable bonds is 7. The van der Waals surface area contributed by atoms with Crippen LogP contribution in [0.2, 0.25) is 0 Å². The predicted octanol–water partition coefficient (Wildman–Crippen LogP) is 1.97. The minimum atomic E-state index is -0.0925. The van der Waals surface area contributed by atoms with E-state index in [9.17, 15) is 9.59 Å². The number of aromatic nitrogens is 1. The van der Waals surface area contributed by atoms with Crippen molar-refractivity contribution < 1.29 is 9.59 Å². The molecule has 110 valence electrons. The number of nitrogens with zero attached hydrogens (tertiary/aromatic N) is 1. The van der Waals surface area contributed by atoms with Gasteiger partial charge in [-0.1, -0.05) is 6.07 Å². The zero-order valence-corrected chi connectivity index (χ0v) is 12.4. The maximum atomic E-state index is 11.6. The van der Waals surface area contributed by atoms with Crippen molar-refractivity contribution in [1.29, 1.82) is 0 Å². The summed E-state index contributed by atoms with van der Waals surface area (Å²) in [7, 11) is 0. The Morgan fingerprint density at radius 2 is 2.10 bits per heavy atom. The second kappa shape index (κ2) is 8.16. The second-order valence-electron chi connectivity index (χ2n) is 4.47. The topological polar surface area (TPSA) is 71.1 Å². The van der Waals surface area contributed by atoms with E-state index in [1.54, 1.807) is 17.6 Å². The number of carbonyl (C=O) groups is 2. The van der Waals surface area contributed by atoms with E-state index in [0.717, 1.165) is 5.69 Å². The molecule has 21 heavy (non-hydrogen) atoms. The molecule has 5 nitrogen and oxygen atoms in total. The average Bonchev–Trinajstić information content (AvgIpc) is 3.05. The van der Waals surface area contributed by atoms with E-state index in [0.29, 0.717) is 31.5 Å². The Kier molecular flexibility index (Phi) is 5.90. The molecule has 0 unspecified atom stereocenters. The zero-order valence-electron chi connectivity index (χ0n) is 11.5. The van der Waals surface area contributed by atoms with Crippen LogP contribution in [0.5, 0.6) is 0 Å². The molecular weight excluding hydrogens is 286 g/mol. The van der Waals surface area contributed by atoms with Gasteiger partial charge in [-0.2, -0.15) is 11.3 Å². The summed E-state index contributed by atoms with van der Waals surface area (Å²) in [5, 5.41) is 9.25. The van der Waals surface area contributed by atoms with Gasteiger partial charge in [0, 0.05) is 30.1 Å². The van der Waals surface area contributed by atoms with Crippen molar-refractivity contribution in [2.24, 2.45) is 0 Å². The van der Waals surface area contributed by atoms with E-state index < -0.39 is 0 Å². The molecule has 0 aromatic carbocycles. The van der Waals surface area contributed by atoms with Crippen LogP contribution in [-0.4, -0.2) is 23.3 Å². The van der Waals surface area contributed by atoms with Crippen molar-refractivity contribution in [3.63, 3.8) is 0 Å². The van der Waals surface area contributed by atoms with Gasteiger partial charge in [-0.05, 0) is 30.0 Å². The highest BCUT2D eigenvalue weighted by Gasteiger charge is 2.05. The highest BCUT2D eigenvalue weighted by Crippen LogP contribution is 2.05. The first-order valence-electron chi connectivity index (χ1n) is 6.73. The van der Waals surface area contributed by atoms with Crippen LogP contribution in [0.15, 0.2) is 41.2 Å². The average molecular weight is 303 g/mol. The molecule has 0 radical (unpaired) electrons. The summed E-state index contributed by atoms with van der Waals surface area (Å²) in [6.07, 6.45) is 2.70. The molecule has 2 heterocycles. The van der Waals surface area contributed by atoms with E-state index in [-0.39, 0.29) is 11.8 Å². The number of hydrogen-bond donors (Lipinski definition) is 2. The van der Waals surface area contributed by atoms with Crippen LogP contribution >= 0.6 is 11.3 Å². The number of nitrogens with one attached hydrogen (secondary N) is 2. The van der Waals surface area contributed by atoms with Crippen molar-refractivity contribution in [2.45, 2.75) is 19.4 Å². The lowest BCUT2D eigenvalue weighted by Crippen LogP contribution is -2.27. The van der Waals surface area contributed by atoms with Gasteiger partial charge in [0.25, 0.3) is 5.91 Å². The molecule has 0 bridgehead atoms. The third-order valence-electron chi connectivity index (χ3n) is 2.84. The quantitative estimate of drug-likeness (QED) is 0.768. The number of hydrogen-bond acceptors (Lipinski definition) is 4. The van der Waals surface area contributed by atoms with Gasteiger partial charge in [0.15, 0.2) is 0 Å². The van der Waals surface area contributed by atoms with Gasteiger partial charge in [0.05, 0.1) is 12.2 Å². The Balaban J connectivity index is 1.58. The molecule has 0 saturated heterocycles. The summed E-state index contributed by atoms with van der Waals surface area (Å²) in [5.41, 5.74) is 1.50. The van der Waals surface area contributed by atoms with Crippen LogP contribution < -0.4 is 10.6 Å². The van der Waals surface area contributed by atoms with Crippen molar-refractivity contribution in [3.05, 3.63) is 52.5 Å². The van der Waals surface area contributed by atoms with Crippen LogP contribution in [0.1, 0.15) is 28.9 Å². The second-order valence-corrected chi connectivity index (χ2v) is 5.25. The zero-order chi connectivity index (χ0) is 14.9. The lowest BCUT2D eigenvalue weighted by molar-refractivity contribution is -0.121. The molecular formula is C15H17N3O2S. The first-order valence-corrected chi connectivity index (χ1v) is 7.67. The first-order chi connectivity index (χ1) is 10.3. The van der Waals surface area contributed by atoms with E-state index in [2.05, 4.69) is 15.6 Å². The highest BCUT2D eigenvalue weighted by atomic mass is 32.1. The Morgan fingerprint density at radius 3 is 2.81 bits per heavy atom. The van der Waals surface area contributed by atoms with Crippen LogP contribution in [0.4, 0.5) is 0 Å². The Bertz CT molecular complexity index is 570. The van der Waals surface area contributed by atoms with Gasteiger partial charge in [0.2, 0.25) is 5.91 Å². The highest BCUT2D eigenvalue weighted by molar-refractivity contribution is 7.08. The summed E-state index contributed by atoms with van der Waals surface area (Å²) in [5.74, 6) is -0.129. The lowest BCUT2D eigenvalue weighted by Gasteiger charge is -2.05. The van der Waals surface area contributed by atoms with Crippen LogP contribution in [0.3, 0.4) is 0 Å². The third kappa shape index (κ3) is 5.35. The first kappa shape index (κ1) is 15.2. The van der Waals surface area contributed by atoms with Crippen LogP contribution in [0, 0.1) is 0 Å². The molecule has 6 heteroatoms. The van der Waals surface area contributed by atoms with Crippen molar-refractivity contribution in [2.75, 3.05) is 6.54 Å². The predicted molar refractivity (Wildman–Crippen MR) is 82.0 cm³/mol. The Hall–Kier alpha value is -2.21. The number of carbonyl (C=O) groups excluding carboxylic acids is 2. The van der Waals surface area contributed by atoms with Gasteiger partial charge in [-0.25, -0.2) is 0 Å². The number of thiophene rings is 1. The smallest absolute Gasteiger partial charge is 0.252 e. The maximum absolute atomic E-state index is 11.6. The minimum absolute atomic E-state index is 0.0366. The Morgan fingerprint density at radius 1 is 1.19 bits per heavy atom. The third-order valence-corrected chi connectivity index (χ3v) is 3.53.